The number of nitrogens with zero attached hydrogens (tertiary/aromatic N) is 4. The molecule has 2 aromatic heterocycles. The number of hydrogen-bond acceptors (Lipinski definition) is 8. The topological polar surface area (TPSA) is 117 Å². The predicted octanol–water partition coefficient (Wildman–Crippen LogP) is 3.32. The summed E-state index contributed by atoms with van der Waals surface area (Å²) >= 11 is 3.56. The number of rotatable bonds is 7. The Morgan fingerprint density at radius 2 is 2.16 bits per heavy atom. The minimum Gasteiger partial charge on any atom is -0.454 e. The smallest absolute Gasteiger partial charge is 0.268 e. The van der Waals surface area contributed by atoms with Crippen molar-refractivity contribution in [3.05, 3.63) is 51.1 Å². The number of aromatic nitrogens is 4. The Morgan fingerprint density at radius 1 is 1.32 bits per heavy atom. The average molecular weight is 550 g/mol. The second-order valence-electron chi connectivity index (χ2n) is 7.22. The number of benzene rings is 1. The highest BCUT2D eigenvalue weighted by molar-refractivity contribution is 14.1. The molecule has 0 spiro atoms. The average Bonchev–Trinajstić information content (AvgIpc) is 3.32. The molecule has 1 aromatic carbocycles. The van der Waals surface area contributed by atoms with E-state index in [9.17, 15) is 4.79 Å². The predicted molar refractivity (Wildman–Crippen MR) is 124 cm³/mol. The van der Waals surface area contributed by atoms with Gasteiger partial charge in [0.2, 0.25) is 11.0 Å². The number of nitrogen functional groups attached to an aromatic ring is 1. The van der Waals surface area contributed by atoms with E-state index in [-0.39, 0.29) is 5.91 Å². The first kappa shape index (κ1) is 20.4. The van der Waals surface area contributed by atoms with Crippen molar-refractivity contribution in [2.24, 2.45) is 0 Å². The van der Waals surface area contributed by atoms with Crippen molar-refractivity contribution in [2.75, 3.05) is 5.73 Å². The van der Waals surface area contributed by atoms with Crippen LogP contribution in [0.4, 0.5) is 5.82 Å². The number of ether oxygens (including phenoxy) is 2. The fraction of sp³-hybridized carbons (Fsp3) is 0.300. The molecule has 3 heterocycles. The Morgan fingerprint density at radius 3 is 2.97 bits per heavy atom. The van der Waals surface area contributed by atoms with Crippen LogP contribution >= 0.6 is 34.4 Å². The molecule has 1 saturated carbocycles. The van der Waals surface area contributed by atoms with Crippen molar-refractivity contribution >= 4 is 57.2 Å². The number of fused-ring (bicyclic) bond motifs is 1. The summed E-state index contributed by atoms with van der Waals surface area (Å²) in [7, 11) is 0. The van der Waals surface area contributed by atoms with Crippen LogP contribution in [0.5, 0.6) is 0 Å². The first-order valence-electron chi connectivity index (χ1n) is 9.79. The van der Waals surface area contributed by atoms with Gasteiger partial charge in [0.15, 0.2) is 22.1 Å². The number of imidazole rings is 1. The lowest BCUT2D eigenvalue weighted by molar-refractivity contribution is -0.121. The van der Waals surface area contributed by atoms with E-state index in [1.54, 1.807) is 6.26 Å². The van der Waals surface area contributed by atoms with Gasteiger partial charge in [0, 0.05) is 28.1 Å². The number of hydrogen-bond donors (Lipinski definition) is 2. The van der Waals surface area contributed by atoms with E-state index in [4.69, 9.17) is 15.2 Å². The first-order valence-corrected chi connectivity index (χ1v) is 11.7. The normalized spacial score (nSPS) is 17.8. The van der Waals surface area contributed by atoms with E-state index in [0.717, 1.165) is 22.0 Å². The Hall–Kier alpha value is -2.54. The molecule has 1 fully saturated rings. The lowest BCUT2D eigenvalue weighted by atomic mass is 10.2. The van der Waals surface area contributed by atoms with Crippen LogP contribution in [0.25, 0.3) is 11.2 Å². The molecule has 1 amide bonds. The summed E-state index contributed by atoms with van der Waals surface area (Å²) in [5.74, 6) is 0.308. The highest BCUT2D eigenvalue weighted by atomic mass is 127. The van der Waals surface area contributed by atoms with Crippen LogP contribution in [0.2, 0.25) is 0 Å². The quantitative estimate of drug-likeness (QED) is 0.431. The van der Waals surface area contributed by atoms with Crippen LogP contribution in [0, 0.1) is 3.57 Å². The van der Waals surface area contributed by atoms with Crippen molar-refractivity contribution in [3.63, 3.8) is 0 Å². The molecular weight excluding hydrogens is 531 g/mol. The molecule has 3 aromatic rings. The van der Waals surface area contributed by atoms with Crippen LogP contribution < -0.4 is 11.1 Å². The van der Waals surface area contributed by atoms with Crippen LogP contribution in [0.1, 0.15) is 31.1 Å². The molecule has 1 aliphatic carbocycles. The van der Waals surface area contributed by atoms with Gasteiger partial charge in [0.25, 0.3) is 6.29 Å². The molecule has 11 heteroatoms. The number of amides is 1. The molecule has 0 saturated heterocycles. The fourth-order valence-corrected chi connectivity index (χ4v) is 4.66. The van der Waals surface area contributed by atoms with Crippen molar-refractivity contribution < 1.29 is 14.3 Å². The summed E-state index contributed by atoms with van der Waals surface area (Å²) in [4.78, 5) is 25.2. The minimum absolute atomic E-state index is 0.0145. The zero-order valence-corrected chi connectivity index (χ0v) is 19.3. The van der Waals surface area contributed by atoms with Gasteiger partial charge in [0.05, 0.1) is 0 Å². The van der Waals surface area contributed by atoms with Crippen LogP contribution in [0.3, 0.4) is 0 Å². The number of thioether (sulfide) groups is 1. The second kappa shape index (κ2) is 8.54. The van der Waals surface area contributed by atoms with Gasteiger partial charge in [-0.1, -0.05) is 18.2 Å². The van der Waals surface area contributed by atoms with Gasteiger partial charge in [-0.25, -0.2) is 15.0 Å². The van der Waals surface area contributed by atoms with Crippen molar-refractivity contribution in [1.82, 2.24) is 24.8 Å². The highest BCUT2D eigenvalue weighted by Gasteiger charge is 2.27. The molecule has 3 N–H and O–H groups in total. The molecule has 31 heavy (non-hydrogen) atoms. The number of carbonyl (C=O) groups excluding carboxylic acids is 1. The van der Waals surface area contributed by atoms with E-state index in [1.807, 2.05) is 28.8 Å². The summed E-state index contributed by atoms with van der Waals surface area (Å²) in [6.07, 6.45) is 4.89. The minimum atomic E-state index is -0.511. The number of nitrogens with one attached hydrogen (secondary N) is 1. The summed E-state index contributed by atoms with van der Waals surface area (Å²) in [6.45, 7) is 0.419. The van der Waals surface area contributed by atoms with E-state index in [1.165, 1.54) is 18.1 Å². The maximum Gasteiger partial charge on any atom is 0.268 e. The standard InChI is InChI=1S/C20H19IN6O3S/c21-13-4-2-1-3-12(13)19-29-9-15(30-19)31-20-26-16-17(22)23-10-24-18(16)27(20)8-7-14(28)25-11-5-6-11/h1-4,9-11,19H,5-8H2,(H,25,28)(H2,22,23,24). The van der Waals surface area contributed by atoms with Gasteiger partial charge in [0.1, 0.15) is 12.6 Å². The zero-order valence-electron chi connectivity index (χ0n) is 16.3. The number of nitrogens with two attached hydrogens (primary N) is 1. The summed E-state index contributed by atoms with van der Waals surface area (Å²) in [5.41, 5.74) is 8.05. The molecule has 1 atom stereocenters. The molecule has 2 aliphatic rings. The van der Waals surface area contributed by atoms with Crippen molar-refractivity contribution in [2.45, 2.75) is 43.3 Å². The third-order valence-corrected chi connectivity index (χ3v) is 6.76. The van der Waals surface area contributed by atoms with Gasteiger partial charge in [-0.05, 0) is 53.3 Å². The summed E-state index contributed by atoms with van der Waals surface area (Å²) in [5, 5.41) is 4.18. The Bertz CT molecular complexity index is 1180. The van der Waals surface area contributed by atoms with Gasteiger partial charge in [-0.2, -0.15) is 0 Å². The van der Waals surface area contributed by atoms with Gasteiger partial charge < -0.3 is 25.1 Å². The Kier molecular flexibility index (Phi) is 5.61. The van der Waals surface area contributed by atoms with Crippen LogP contribution in [-0.2, 0) is 20.8 Å². The number of anilines is 1. The SMILES string of the molecule is Nc1ncnc2c1nc(SC1=COC(c3ccccc3I)O1)n2CCC(=O)NC1CC1. The van der Waals surface area contributed by atoms with Crippen molar-refractivity contribution in [3.8, 4) is 0 Å². The maximum absolute atomic E-state index is 12.2. The largest absolute Gasteiger partial charge is 0.454 e. The zero-order chi connectivity index (χ0) is 21.4. The van der Waals surface area contributed by atoms with Gasteiger partial charge >= 0.3 is 0 Å². The van der Waals surface area contributed by atoms with E-state index in [2.05, 4.69) is 42.9 Å². The molecular formula is C20H19IN6O3S. The monoisotopic (exact) mass is 550 g/mol. The molecule has 5 rings (SSSR count). The van der Waals surface area contributed by atoms with E-state index in [0.29, 0.717) is 46.2 Å². The number of halogens is 1. The van der Waals surface area contributed by atoms with E-state index < -0.39 is 6.29 Å². The molecule has 0 radical (unpaired) electrons. The molecule has 9 nitrogen and oxygen atoms in total. The summed E-state index contributed by atoms with van der Waals surface area (Å²) in [6, 6.07) is 8.21. The molecule has 0 bridgehead atoms. The molecule has 160 valence electrons. The third-order valence-electron chi connectivity index (χ3n) is 4.89. The lowest BCUT2D eigenvalue weighted by Gasteiger charge is -2.13. The van der Waals surface area contributed by atoms with Gasteiger partial charge in [-0.3, -0.25) is 4.79 Å². The highest BCUT2D eigenvalue weighted by Crippen LogP contribution is 2.39. The van der Waals surface area contributed by atoms with E-state index >= 15 is 0 Å². The second-order valence-corrected chi connectivity index (χ2v) is 9.35. The number of carbonyl (C=O) groups is 1. The summed E-state index contributed by atoms with van der Waals surface area (Å²) < 4.78 is 14.7. The maximum atomic E-state index is 12.2. The Balaban J connectivity index is 1.35. The lowest BCUT2D eigenvalue weighted by Crippen LogP contribution is -2.26. The van der Waals surface area contributed by atoms with Crippen molar-refractivity contribution in [1.29, 1.82) is 0 Å². The number of aryl methyl sites for hydroxylation is 1. The molecule has 1 aliphatic heterocycles. The molecule has 1 unspecified atom stereocenters. The first-order chi connectivity index (χ1) is 15.1. The Labute approximate surface area is 195 Å². The fourth-order valence-electron chi connectivity index (χ4n) is 3.17. The third kappa shape index (κ3) is 4.42. The van der Waals surface area contributed by atoms with Gasteiger partial charge in [-0.15, -0.1) is 0 Å². The van der Waals surface area contributed by atoms with Crippen LogP contribution in [-0.4, -0.2) is 31.5 Å². The van der Waals surface area contributed by atoms with Crippen LogP contribution in [0.15, 0.2) is 47.1 Å².